The SMILES string of the molecule is C#CC(C)(C)[C@H](C(=O)OC)c1ccccc1[N+](=O)[O-]. The molecule has 1 rings (SSSR count). The molecule has 0 aliphatic carbocycles. The molecule has 0 saturated heterocycles. The van der Waals surface area contributed by atoms with Gasteiger partial charge in [0.15, 0.2) is 0 Å². The van der Waals surface area contributed by atoms with E-state index in [0.29, 0.717) is 0 Å². The molecule has 5 nitrogen and oxygen atoms in total. The van der Waals surface area contributed by atoms with Crippen molar-refractivity contribution in [2.75, 3.05) is 7.11 Å². The average Bonchev–Trinajstić information content (AvgIpc) is 2.38. The van der Waals surface area contributed by atoms with Gasteiger partial charge in [0, 0.05) is 17.0 Å². The van der Waals surface area contributed by atoms with Crippen LogP contribution >= 0.6 is 0 Å². The third-order valence-electron chi connectivity index (χ3n) is 2.98. The fourth-order valence-electron chi connectivity index (χ4n) is 1.91. The van der Waals surface area contributed by atoms with Crippen LogP contribution in [0.5, 0.6) is 0 Å². The molecule has 0 aliphatic rings. The highest BCUT2D eigenvalue weighted by Crippen LogP contribution is 2.39. The van der Waals surface area contributed by atoms with Crippen molar-refractivity contribution in [3.05, 3.63) is 39.9 Å². The van der Waals surface area contributed by atoms with Crippen molar-refractivity contribution in [2.45, 2.75) is 19.8 Å². The van der Waals surface area contributed by atoms with Crippen LogP contribution in [0.25, 0.3) is 0 Å². The third-order valence-corrected chi connectivity index (χ3v) is 2.98. The fraction of sp³-hybridized carbons (Fsp3) is 0.357. The van der Waals surface area contributed by atoms with E-state index in [2.05, 4.69) is 5.92 Å². The lowest BCUT2D eigenvalue weighted by atomic mass is 9.75. The van der Waals surface area contributed by atoms with Crippen LogP contribution in [0.15, 0.2) is 24.3 Å². The van der Waals surface area contributed by atoms with Crippen LogP contribution in [0.3, 0.4) is 0 Å². The van der Waals surface area contributed by atoms with Gasteiger partial charge in [0.2, 0.25) is 0 Å². The Hall–Kier alpha value is -2.35. The minimum absolute atomic E-state index is 0.138. The predicted molar refractivity (Wildman–Crippen MR) is 70.5 cm³/mol. The molecule has 0 spiro atoms. The molecule has 0 fully saturated rings. The van der Waals surface area contributed by atoms with Gasteiger partial charge in [-0.15, -0.1) is 6.42 Å². The van der Waals surface area contributed by atoms with Gasteiger partial charge in [-0.25, -0.2) is 0 Å². The zero-order chi connectivity index (χ0) is 14.6. The van der Waals surface area contributed by atoms with Crippen LogP contribution in [0, 0.1) is 27.9 Å². The lowest BCUT2D eigenvalue weighted by Gasteiger charge is -2.27. The number of esters is 1. The normalized spacial score (nSPS) is 12.3. The van der Waals surface area contributed by atoms with E-state index < -0.39 is 22.2 Å². The number of hydrogen-bond donors (Lipinski definition) is 0. The van der Waals surface area contributed by atoms with E-state index in [1.807, 2.05) is 0 Å². The number of carbonyl (C=O) groups is 1. The number of rotatable bonds is 4. The first-order valence-corrected chi connectivity index (χ1v) is 5.64. The van der Waals surface area contributed by atoms with Gasteiger partial charge in [0.05, 0.1) is 12.0 Å². The summed E-state index contributed by atoms with van der Waals surface area (Å²) in [5.74, 6) is 1.03. The summed E-state index contributed by atoms with van der Waals surface area (Å²) in [6, 6.07) is 6.04. The number of hydrogen-bond acceptors (Lipinski definition) is 4. The molecule has 0 N–H and O–H groups in total. The summed E-state index contributed by atoms with van der Waals surface area (Å²) in [5.41, 5.74) is -0.761. The fourth-order valence-corrected chi connectivity index (χ4v) is 1.91. The molecule has 1 aromatic rings. The summed E-state index contributed by atoms with van der Waals surface area (Å²) in [4.78, 5) is 22.5. The van der Waals surface area contributed by atoms with Gasteiger partial charge in [0.25, 0.3) is 5.69 Å². The molecule has 19 heavy (non-hydrogen) atoms. The Labute approximate surface area is 111 Å². The van der Waals surface area contributed by atoms with Crippen molar-refractivity contribution in [2.24, 2.45) is 5.41 Å². The van der Waals surface area contributed by atoms with E-state index in [-0.39, 0.29) is 11.3 Å². The van der Waals surface area contributed by atoms with Crippen molar-refractivity contribution < 1.29 is 14.5 Å². The van der Waals surface area contributed by atoms with Crippen molar-refractivity contribution in [1.82, 2.24) is 0 Å². The zero-order valence-corrected chi connectivity index (χ0v) is 11.0. The Bertz CT molecular complexity index is 543. The topological polar surface area (TPSA) is 69.4 Å². The Morgan fingerprint density at radius 1 is 1.47 bits per heavy atom. The lowest BCUT2D eigenvalue weighted by Crippen LogP contribution is -2.29. The third kappa shape index (κ3) is 2.91. The van der Waals surface area contributed by atoms with E-state index in [0.717, 1.165) is 0 Å². The number of ether oxygens (including phenoxy) is 1. The van der Waals surface area contributed by atoms with E-state index in [9.17, 15) is 14.9 Å². The van der Waals surface area contributed by atoms with Gasteiger partial charge in [-0.2, -0.15) is 0 Å². The van der Waals surface area contributed by atoms with Crippen molar-refractivity contribution in [3.8, 4) is 12.3 Å². The van der Waals surface area contributed by atoms with Crippen LogP contribution in [0.1, 0.15) is 25.3 Å². The second-order valence-electron chi connectivity index (χ2n) is 4.64. The maximum absolute atomic E-state index is 12.0. The van der Waals surface area contributed by atoms with Crippen LogP contribution < -0.4 is 0 Å². The number of carbonyl (C=O) groups excluding carboxylic acids is 1. The van der Waals surface area contributed by atoms with Crippen molar-refractivity contribution >= 4 is 11.7 Å². The largest absolute Gasteiger partial charge is 0.469 e. The molecule has 0 aliphatic heterocycles. The second kappa shape index (κ2) is 5.53. The standard InChI is InChI=1S/C14H15NO4/c1-5-14(2,3)12(13(16)19-4)10-8-6-7-9-11(10)15(17)18/h1,6-9,12H,2-4H3/t12-/m0/s1. The number of terminal acetylenes is 1. The van der Waals surface area contributed by atoms with Crippen molar-refractivity contribution in [3.63, 3.8) is 0 Å². The quantitative estimate of drug-likeness (QED) is 0.361. The summed E-state index contributed by atoms with van der Waals surface area (Å²) >= 11 is 0. The average molecular weight is 261 g/mol. The first kappa shape index (κ1) is 14.7. The molecular weight excluding hydrogens is 246 g/mol. The highest BCUT2D eigenvalue weighted by Gasteiger charge is 2.39. The summed E-state index contributed by atoms with van der Waals surface area (Å²) in [6.45, 7) is 3.34. The van der Waals surface area contributed by atoms with Crippen molar-refractivity contribution in [1.29, 1.82) is 0 Å². The van der Waals surface area contributed by atoms with Gasteiger partial charge >= 0.3 is 5.97 Å². The molecule has 0 radical (unpaired) electrons. The Balaban J connectivity index is 3.48. The molecule has 0 aromatic heterocycles. The van der Waals surface area contributed by atoms with E-state index in [4.69, 9.17) is 11.2 Å². The number of methoxy groups -OCH3 is 1. The van der Waals surface area contributed by atoms with E-state index in [1.54, 1.807) is 26.0 Å². The molecule has 0 amide bonds. The molecule has 0 heterocycles. The molecule has 1 atom stereocenters. The summed E-state index contributed by atoms with van der Waals surface area (Å²) < 4.78 is 4.73. The number of nitro groups is 1. The maximum Gasteiger partial charge on any atom is 0.314 e. The number of nitro benzene ring substituents is 1. The van der Waals surface area contributed by atoms with E-state index >= 15 is 0 Å². The van der Waals surface area contributed by atoms with Crippen LogP contribution in [0.4, 0.5) is 5.69 Å². The lowest BCUT2D eigenvalue weighted by molar-refractivity contribution is -0.385. The summed E-state index contributed by atoms with van der Waals surface area (Å²) in [7, 11) is 1.23. The van der Waals surface area contributed by atoms with Gasteiger partial charge in [0.1, 0.15) is 5.92 Å². The Kier molecular flexibility index (Phi) is 4.28. The number of para-hydroxylation sites is 1. The molecule has 1 aromatic carbocycles. The smallest absolute Gasteiger partial charge is 0.314 e. The minimum Gasteiger partial charge on any atom is -0.469 e. The number of nitrogens with zero attached hydrogens (tertiary/aromatic N) is 1. The molecule has 0 bridgehead atoms. The highest BCUT2D eigenvalue weighted by molar-refractivity contribution is 5.81. The monoisotopic (exact) mass is 261 g/mol. The molecule has 5 heteroatoms. The Morgan fingerprint density at radius 2 is 2.05 bits per heavy atom. The van der Waals surface area contributed by atoms with Gasteiger partial charge in [-0.1, -0.05) is 24.1 Å². The molecular formula is C14H15NO4. The number of benzene rings is 1. The van der Waals surface area contributed by atoms with Crippen LogP contribution in [-0.2, 0) is 9.53 Å². The first-order chi connectivity index (χ1) is 8.85. The first-order valence-electron chi connectivity index (χ1n) is 5.64. The minimum atomic E-state index is -0.890. The zero-order valence-electron chi connectivity index (χ0n) is 11.0. The Morgan fingerprint density at radius 3 is 2.53 bits per heavy atom. The van der Waals surface area contributed by atoms with E-state index in [1.165, 1.54) is 19.2 Å². The maximum atomic E-state index is 12.0. The summed E-state index contributed by atoms with van der Waals surface area (Å²) in [5, 5.41) is 11.1. The second-order valence-corrected chi connectivity index (χ2v) is 4.64. The molecule has 0 saturated carbocycles. The summed E-state index contributed by atoms with van der Waals surface area (Å²) in [6.07, 6.45) is 5.44. The molecule has 0 unspecified atom stereocenters. The van der Waals surface area contributed by atoms with Gasteiger partial charge in [-0.3, -0.25) is 14.9 Å². The van der Waals surface area contributed by atoms with Crippen LogP contribution in [-0.4, -0.2) is 18.0 Å². The molecule has 100 valence electrons. The van der Waals surface area contributed by atoms with Crippen LogP contribution in [0.2, 0.25) is 0 Å². The predicted octanol–water partition coefficient (Wildman–Crippen LogP) is 2.51. The highest BCUT2D eigenvalue weighted by atomic mass is 16.6. The van der Waals surface area contributed by atoms with Gasteiger partial charge < -0.3 is 4.74 Å². The van der Waals surface area contributed by atoms with Gasteiger partial charge in [-0.05, 0) is 13.8 Å².